The van der Waals surface area contributed by atoms with Crippen LogP contribution >= 0.6 is 0 Å². The van der Waals surface area contributed by atoms with Gasteiger partial charge in [-0.15, -0.1) is 0 Å². The number of allylic oxidation sites excluding steroid dienone is 1. The summed E-state index contributed by atoms with van der Waals surface area (Å²) in [6.07, 6.45) is 6.87. The van der Waals surface area contributed by atoms with Crippen molar-refractivity contribution in [3.05, 3.63) is 11.6 Å². The van der Waals surface area contributed by atoms with Gasteiger partial charge >= 0.3 is 0 Å². The van der Waals surface area contributed by atoms with Crippen molar-refractivity contribution in [1.82, 2.24) is 0 Å². The molecule has 0 aliphatic rings. The third-order valence-corrected chi connectivity index (χ3v) is 2.19. The molecule has 0 aromatic rings. The van der Waals surface area contributed by atoms with Gasteiger partial charge in [-0.3, -0.25) is 0 Å². The highest BCUT2D eigenvalue weighted by atomic mass is 16.2. The van der Waals surface area contributed by atoms with Crippen LogP contribution in [0.25, 0.3) is 0 Å². The second kappa shape index (κ2) is 6.20. The monoisotopic (exact) mass is 184 g/mol. The van der Waals surface area contributed by atoms with E-state index in [9.17, 15) is 0 Å². The summed E-state index contributed by atoms with van der Waals surface area (Å²) in [6, 6.07) is 0. The lowest BCUT2D eigenvalue weighted by Gasteiger charge is -2.17. The highest BCUT2D eigenvalue weighted by Gasteiger charge is 2.08. The highest BCUT2D eigenvalue weighted by Crippen LogP contribution is 2.22. The van der Waals surface area contributed by atoms with E-state index in [4.69, 9.17) is 5.11 Å². The van der Waals surface area contributed by atoms with Gasteiger partial charge in [0.05, 0.1) is 6.61 Å². The van der Waals surface area contributed by atoms with Crippen LogP contribution < -0.4 is 0 Å². The molecule has 0 spiro atoms. The predicted molar refractivity (Wildman–Crippen MR) is 58.8 cm³/mol. The summed E-state index contributed by atoms with van der Waals surface area (Å²) in [5.74, 6) is 0. The fourth-order valence-corrected chi connectivity index (χ4v) is 1.32. The Balaban J connectivity index is 3.41. The van der Waals surface area contributed by atoms with Crippen LogP contribution in [0.15, 0.2) is 11.6 Å². The number of rotatable bonds is 5. The minimum atomic E-state index is 0.186. The van der Waals surface area contributed by atoms with Crippen LogP contribution in [-0.4, -0.2) is 11.7 Å². The molecule has 0 saturated heterocycles. The molecule has 78 valence electrons. The molecule has 13 heavy (non-hydrogen) atoms. The van der Waals surface area contributed by atoms with Crippen LogP contribution in [0, 0.1) is 5.41 Å². The quantitative estimate of drug-likeness (QED) is 0.512. The Bertz CT molecular complexity index is 151. The molecule has 0 aromatic heterocycles. The minimum Gasteiger partial charge on any atom is -0.392 e. The van der Waals surface area contributed by atoms with Crippen LogP contribution in [-0.2, 0) is 0 Å². The molecule has 0 heterocycles. The maximum atomic E-state index is 8.65. The van der Waals surface area contributed by atoms with Crippen molar-refractivity contribution in [1.29, 1.82) is 0 Å². The standard InChI is InChI=1S/C12H24O/c1-11(8-10-13)7-5-6-9-12(2,3)4/h8,13H,5-7,9-10H2,1-4H3/b11-8-. The molecular weight excluding hydrogens is 160 g/mol. The second-order valence-electron chi connectivity index (χ2n) is 5.00. The molecule has 0 amide bonds. The second-order valence-corrected chi connectivity index (χ2v) is 5.00. The van der Waals surface area contributed by atoms with Gasteiger partial charge in [-0.1, -0.05) is 38.8 Å². The summed E-state index contributed by atoms with van der Waals surface area (Å²) in [5.41, 5.74) is 1.78. The van der Waals surface area contributed by atoms with Gasteiger partial charge < -0.3 is 5.11 Å². The van der Waals surface area contributed by atoms with Gasteiger partial charge in [-0.25, -0.2) is 0 Å². The van der Waals surface area contributed by atoms with Gasteiger partial charge in [0.2, 0.25) is 0 Å². The fourth-order valence-electron chi connectivity index (χ4n) is 1.32. The Labute approximate surface area is 82.9 Å². The van der Waals surface area contributed by atoms with E-state index in [1.54, 1.807) is 0 Å². The van der Waals surface area contributed by atoms with Crippen LogP contribution in [0.4, 0.5) is 0 Å². The molecule has 0 rings (SSSR count). The SMILES string of the molecule is C/C(=C/CO)CCCCC(C)(C)C. The normalized spacial score (nSPS) is 13.5. The van der Waals surface area contributed by atoms with Gasteiger partial charge in [0, 0.05) is 0 Å². The molecule has 1 heteroatoms. The summed E-state index contributed by atoms with van der Waals surface area (Å²) < 4.78 is 0. The largest absolute Gasteiger partial charge is 0.392 e. The third-order valence-electron chi connectivity index (χ3n) is 2.19. The van der Waals surface area contributed by atoms with Gasteiger partial charge in [0.25, 0.3) is 0 Å². The molecule has 0 unspecified atom stereocenters. The maximum Gasteiger partial charge on any atom is 0.0614 e. The van der Waals surface area contributed by atoms with Crippen molar-refractivity contribution in [3.63, 3.8) is 0 Å². The molecule has 0 aliphatic carbocycles. The van der Waals surface area contributed by atoms with Crippen LogP contribution in [0.3, 0.4) is 0 Å². The molecule has 0 saturated carbocycles. The molecule has 1 nitrogen and oxygen atoms in total. The number of hydrogen-bond donors (Lipinski definition) is 1. The average Bonchev–Trinajstić information content (AvgIpc) is 1.97. The fraction of sp³-hybridized carbons (Fsp3) is 0.833. The summed E-state index contributed by atoms with van der Waals surface area (Å²) in [6.45, 7) is 9.12. The van der Waals surface area contributed by atoms with Gasteiger partial charge in [-0.2, -0.15) is 0 Å². The Morgan fingerprint density at radius 2 is 1.85 bits per heavy atom. The summed E-state index contributed by atoms with van der Waals surface area (Å²) in [5, 5.41) is 8.65. The van der Waals surface area contributed by atoms with Crippen LogP contribution in [0.2, 0.25) is 0 Å². The Kier molecular flexibility index (Phi) is 6.06. The first kappa shape index (κ1) is 12.7. The summed E-state index contributed by atoms with van der Waals surface area (Å²) in [4.78, 5) is 0. The first-order chi connectivity index (χ1) is 5.95. The van der Waals surface area contributed by atoms with Crippen molar-refractivity contribution >= 4 is 0 Å². The lowest BCUT2D eigenvalue weighted by molar-refractivity contribution is 0.340. The Hall–Kier alpha value is -0.300. The van der Waals surface area contributed by atoms with Crippen molar-refractivity contribution in [2.24, 2.45) is 5.41 Å². The van der Waals surface area contributed by atoms with E-state index in [0.717, 1.165) is 6.42 Å². The first-order valence-corrected chi connectivity index (χ1v) is 5.22. The minimum absolute atomic E-state index is 0.186. The van der Waals surface area contributed by atoms with E-state index in [0.29, 0.717) is 5.41 Å². The van der Waals surface area contributed by atoms with E-state index >= 15 is 0 Å². The smallest absolute Gasteiger partial charge is 0.0614 e. The molecule has 0 bridgehead atoms. The first-order valence-electron chi connectivity index (χ1n) is 5.22. The maximum absolute atomic E-state index is 8.65. The number of hydrogen-bond acceptors (Lipinski definition) is 1. The molecule has 0 fully saturated rings. The van der Waals surface area contributed by atoms with Crippen molar-refractivity contribution in [2.45, 2.75) is 53.4 Å². The van der Waals surface area contributed by atoms with Gasteiger partial charge in [0.1, 0.15) is 0 Å². The van der Waals surface area contributed by atoms with E-state index in [1.807, 2.05) is 6.08 Å². The van der Waals surface area contributed by atoms with Crippen molar-refractivity contribution in [3.8, 4) is 0 Å². The third kappa shape index (κ3) is 9.62. The van der Waals surface area contributed by atoms with E-state index in [-0.39, 0.29) is 6.61 Å². The molecule has 0 aromatic carbocycles. The summed E-state index contributed by atoms with van der Waals surface area (Å²) >= 11 is 0. The zero-order valence-electron chi connectivity index (χ0n) is 9.56. The molecule has 0 atom stereocenters. The lowest BCUT2D eigenvalue weighted by Crippen LogP contribution is -2.03. The average molecular weight is 184 g/mol. The van der Waals surface area contributed by atoms with Gasteiger partial charge in [0.15, 0.2) is 0 Å². The summed E-state index contributed by atoms with van der Waals surface area (Å²) in [7, 11) is 0. The van der Waals surface area contributed by atoms with Gasteiger partial charge in [-0.05, 0) is 31.6 Å². The highest BCUT2D eigenvalue weighted by molar-refractivity contribution is 4.97. The number of aliphatic hydroxyl groups excluding tert-OH is 1. The molecule has 0 aliphatic heterocycles. The zero-order chi connectivity index (χ0) is 10.3. The molecule has 1 N–H and O–H groups in total. The number of unbranched alkanes of at least 4 members (excludes halogenated alkanes) is 1. The van der Waals surface area contributed by atoms with Crippen LogP contribution in [0.5, 0.6) is 0 Å². The molecular formula is C12H24O. The van der Waals surface area contributed by atoms with Crippen molar-refractivity contribution < 1.29 is 5.11 Å². The lowest BCUT2D eigenvalue weighted by atomic mass is 9.89. The van der Waals surface area contributed by atoms with Crippen molar-refractivity contribution in [2.75, 3.05) is 6.61 Å². The molecule has 0 radical (unpaired) electrons. The Morgan fingerprint density at radius 3 is 2.31 bits per heavy atom. The van der Waals surface area contributed by atoms with E-state index in [2.05, 4.69) is 27.7 Å². The Morgan fingerprint density at radius 1 is 1.23 bits per heavy atom. The van der Waals surface area contributed by atoms with E-state index < -0.39 is 0 Å². The predicted octanol–water partition coefficient (Wildman–Crippen LogP) is 3.53. The van der Waals surface area contributed by atoms with E-state index in [1.165, 1.54) is 24.8 Å². The van der Waals surface area contributed by atoms with Crippen LogP contribution in [0.1, 0.15) is 53.4 Å². The number of aliphatic hydroxyl groups is 1. The topological polar surface area (TPSA) is 20.2 Å². The zero-order valence-corrected chi connectivity index (χ0v) is 9.56.